The van der Waals surface area contributed by atoms with Crippen molar-refractivity contribution in [1.82, 2.24) is 0 Å². The molecule has 0 bridgehead atoms. The molecule has 1 atom stereocenters. The van der Waals surface area contributed by atoms with Crippen molar-refractivity contribution in [1.29, 1.82) is 0 Å². The second-order valence-electron chi connectivity index (χ2n) is 6.31. The summed E-state index contributed by atoms with van der Waals surface area (Å²) in [5.74, 6) is 0. The van der Waals surface area contributed by atoms with E-state index in [2.05, 4.69) is 79.2 Å². The van der Waals surface area contributed by atoms with Crippen LogP contribution in [0.5, 0.6) is 0 Å². The second kappa shape index (κ2) is 6.11. The SMILES string of the molecule is CC(C)(C)c1ccc(C(N)Cc2cccc(Br)c2)cc1. The second-order valence-corrected chi connectivity index (χ2v) is 7.23. The van der Waals surface area contributed by atoms with Gasteiger partial charge >= 0.3 is 0 Å². The van der Waals surface area contributed by atoms with Gasteiger partial charge in [0, 0.05) is 10.5 Å². The molecule has 0 radical (unpaired) electrons. The lowest BCUT2D eigenvalue weighted by molar-refractivity contribution is 0.589. The van der Waals surface area contributed by atoms with Gasteiger partial charge in [-0.3, -0.25) is 0 Å². The molecular formula is C18H22BrN. The summed E-state index contributed by atoms with van der Waals surface area (Å²) >= 11 is 3.50. The fraction of sp³-hybridized carbons (Fsp3) is 0.333. The van der Waals surface area contributed by atoms with Crippen LogP contribution in [0.15, 0.2) is 53.0 Å². The van der Waals surface area contributed by atoms with Gasteiger partial charge in [-0.05, 0) is 40.7 Å². The zero-order chi connectivity index (χ0) is 14.8. The summed E-state index contributed by atoms with van der Waals surface area (Å²) in [7, 11) is 0. The zero-order valence-electron chi connectivity index (χ0n) is 12.4. The van der Waals surface area contributed by atoms with Crippen LogP contribution in [0.25, 0.3) is 0 Å². The molecule has 20 heavy (non-hydrogen) atoms. The van der Waals surface area contributed by atoms with Crippen molar-refractivity contribution in [3.05, 3.63) is 69.7 Å². The maximum absolute atomic E-state index is 6.32. The smallest absolute Gasteiger partial charge is 0.0335 e. The molecule has 2 aromatic carbocycles. The fourth-order valence-corrected chi connectivity index (χ4v) is 2.71. The lowest BCUT2D eigenvalue weighted by atomic mass is 9.86. The van der Waals surface area contributed by atoms with E-state index in [1.54, 1.807) is 0 Å². The van der Waals surface area contributed by atoms with E-state index >= 15 is 0 Å². The van der Waals surface area contributed by atoms with Gasteiger partial charge in [-0.25, -0.2) is 0 Å². The molecule has 0 heterocycles. The van der Waals surface area contributed by atoms with E-state index in [-0.39, 0.29) is 11.5 Å². The Kier molecular flexibility index (Phi) is 4.66. The third-order valence-electron chi connectivity index (χ3n) is 3.55. The van der Waals surface area contributed by atoms with Crippen molar-refractivity contribution >= 4 is 15.9 Å². The van der Waals surface area contributed by atoms with Crippen LogP contribution in [0, 0.1) is 0 Å². The highest BCUT2D eigenvalue weighted by atomic mass is 79.9. The Morgan fingerprint density at radius 1 is 1.05 bits per heavy atom. The molecule has 0 aliphatic rings. The van der Waals surface area contributed by atoms with Gasteiger partial charge in [0.1, 0.15) is 0 Å². The topological polar surface area (TPSA) is 26.0 Å². The van der Waals surface area contributed by atoms with Gasteiger partial charge in [0.2, 0.25) is 0 Å². The number of rotatable bonds is 3. The molecule has 2 rings (SSSR count). The molecular weight excluding hydrogens is 310 g/mol. The molecule has 0 saturated carbocycles. The lowest BCUT2D eigenvalue weighted by Gasteiger charge is -2.20. The first-order valence-corrected chi connectivity index (χ1v) is 7.76. The highest BCUT2D eigenvalue weighted by molar-refractivity contribution is 9.10. The summed E-state index contributed by atoms with van der Waals surface area (Å²) in [6, 6.07) is 17.1. The molecule has 0 fully saturated rings. The third kappa shape index (κ3) is 3.94. The van der Waals surface area contributed by atoms with Crippen LogP contribution in [0.2, 0.25) is 0 Å². The van der Waals surface area contributed by atoms with Crippen molar-refractivity contribution < 1.29 is 0 Å². The molecule has 2 aromatic rings. The Labute approximate surface area is 130 Å². The van der Waals surface area contributed by atoms with Crippen LogP contribution in [-0.2, 0) is 11.8 Å². The largest absolute Gasteiger partial charge is 0.324 e. The predicted octanol–water partition coefficient (Wildman–Crippen LogP) is 4.99. The third-order valence-corrected chi connectivity index (χ3v) is 4.04. The van der Waals surface area contributed by atoms with Gasteiger partial charge in [-0.15, -0.1) is 0 Å². The molecule has 0 saturated heterocycles. The van der Waals surface area contributed by atoms with E-state index < -0.39 is 0 Å². The summed E-state index contributed by atoms with van der Waals surface area (Å²) < 4.78 is 1.10. The van der Waals surface area contributed by atoms with Crippen LogP contribution >= 0.6 is 15.9 Å². The highest BCUT2D eigenvalue weighted by Crippen LogP contribution is 2.25. The molecule has 0 aliphatic heterocycles. The van der Waals surface area contributed by atoms with E-state index in [1.807, 2.05) is 6.07 Å². The fourth-order valence-electron chi connectivity index (χ4n) is 2.27. The minimum atomic E-state index is 0.0401. The molecule has 0 amide bonds. The molecule has 2 heteroatoms. The summed E-state index contributed by atoms with van der Waals surface area (Å²) in [6.45, 7) is 6.68. The van der Waals surface area contributed by atoms with Gasteiger partial charge in [0.15, 0.2) is 0 Å². The van der Waals surface area contributed by atoms with Crippen molar-refractivity contribution in [3.63, 3.8) is 0 Å². The van der Waals surface area contributed by atoms with E-state index in [9.17, 15) is 0 Å². The lowest BCUT2D eigenvalue weighted by Crippen LogP contribution is -2.15. The summed E-state index contributed by atoms with van der Waals surface area (Å²) in [5, 5.41) is 0. The average Bonchev–Trinajstić information content (AvgIpc) is 2.38. The van der Waals surface area contributed by atoms with Crippen molar-refractivity contribution in [2.24, 2.45) is 5.73 Å². The van der Waals surface area contributed by atoms with E-state index in [0.717, 1.165) is 10.9 Å². The number of halogens is 1. The van der Waals surface area contributed by atoms with Crippen LogP contribution < -0.4 is 5.73 Å². The van der Waals surface area contributed by atoms with E-state index in [0.29, 0.717) is 0 Å². The monoisotopic (exact) mass is 331 g/mol. The van der Waals surface area contributed by atoms with E-state index in [1.165, 1.54) is 16.7 Å². The summed E-state index contributed by atoms with van der Waals surface area (Å²) in [4.78, 5) is 0. The summed E-state index contributed by atoms with van der Waals surface area (Å²) in [6.07, 6.45) is 0.855. The zero-order valence-corrected chi connectivity index (χ0v) is 13.9. The first-order valence-electron chi connectivity index (χ1n) is 6.97. The van der Waals surface area contributed by atoms with Crippen molar-refractivity contribution in [3.8, 4) is 0 Å². The number of hydrogen-bond donors (Lipinski definition) is 1. The van der Waals surface area contributed by atoms with Crippen LogP contribution in [0.3, 0.4) is 0 Å². The molecule has 0 aromatic heterocycles. The van der Waals surface area contributed by atoms with E-state index in [4.69, 9.17) is 5.73 Å². The normalized spacial score (nSPS) is 13.2. The number of benzene rings is 2. The van der Waals surface area contributed by atoms with Crippen LogP contribution in [0.4, 0.5) is 0 Å². The van der Waals surface area contributed by atoms with Crippen molar-refractivity contribution in [2.75, 3.05) is 0 Å². The average molecular weight is 332 g/mol. The first-order chi connectivity index (χ1) is 9.36. The molecule has 0 spiro atoms. The van der Waals surface area contributed by atoms with Gasteiger partial charge < -0.3 is 5.73 Å². The molecule has 1 unspecified atom stereocenters. The van der Waals surface area contributed by atoms with Gasteiger partial charge in [0.25, 0.3) is 0 Å². The number of nitrogens with two attached hydrogens (primary N) is 1. The van der Waals surface area contributed by atoms with Gasteiger partial charge in [-0.1, -0.05) is 73.1 Å². The molecule has 106 valence electrons. The van der Waals surface area contributed by atoms with Crippen LogP contribution in [-0.4, -0.2) is 0 Å². The molecule has 0 aliphatic carbocycles. The maximum atomic E-state index is 6.32. The maximum Gasteiger partial charge on any atom is 0.0335 e. The predicted molar refractivity (Wildman–Crippen MR) is 89.9 cm³/mol. The Balaban J connectivity index is 2.11. The highest BCUT2D eigenvalue weighted by Gasteiger charge is 2.14. The Bertz CT molecular complexity index is 567. The molecule has 2 N–H and O–H groups in total. The van der Waals surface area contributed by atoms with Crippen LogP contribution in [0.1, 0.15) is 43.5 Å². The van der Waals surface area contributed by atoms with Gasteiger partial charge in [-0.2, -0.15) is 0 Å². The Hall–Kier alpha value is -1.12. The Morgan fingerprint density at radius 3 is 2.25 bits per heavy atom. The number of hydrogen-bond acceptors (Lipinski definition) is 1. The Morgan fingerprint density at radius 2 is 1.70 bits per heavy atom. The van der Waals surface area contributed by atoms with Gasteiger partial charge in [0.05, 0.1) is 0 Å². The minimum Gasteiger partial charge on any atom is -0.324 e. The minimum absolute atomic E-state index is 0.0401. The quantitative estimate of drug-likeness (QED) is 0.842. The first kappa shape index (κ1) is 15.3. The summed E-state index contributed by atoms with van der Waals surface area (Å²) in [5.41, 5.74) is 10.3. The standard InChI is InChI=1S/C18H22BrN/c1-18(2,3)15-9-7-14(8-10-15)17(20)12-13-5-4-6-16(19)11-13/h4-11,17H,12,20H2,1-3H3. The molecule has 1 nitrogen and oxygen atoms in total. The van der Waals surface area contributed by atoms with Crippen molar-refractivity contribution in [2.45, 2.75) is 38.6 Å².